The lowest BCUT2D eigenvalue weighted by molar-refractivity contribution is -0.136. The zero-order valence-corrected chi connectivity index (χ0v) is 18.3. The van der Waals surface area contributed by atoms with Crippen LogP contribution in [0.15, 0.2) is 77.8 Å². The smallest absolute Gasteiger partial charge is 0.278 e. The second-order valence-corrected chi connectivity index (χ2v) is 8.49. The van der Waals surface area contributed by atoms with Gasteiger partial charge in [-0.3, -0.25) is 14.5 Å². The van der Waals surface area contributed by atoms with E-state index in [2.05, 4.69) is 5.32 Å². The van der Waals surface area contributed by atoms with Crippen molar-refractivity contribution in [3.05, 3.63) is 88.2 Å². The molecule has 0 fully saturated rings. The molecule has 6 heteroatoms. The van der Waals surface area contributed by atoms with E-state index in [0.29, 0.717) is 24.2 Å². The largest absolute Gasteiger partial charge is 0.491 e. The standard InChI is InChI=1S/C25H24N2O3S/c1-17(2)30-20-12-10-19(11-13-20)26-23-22(21-9-6-16-31-21)24(28)27(25(23)29)15-14-18-7-4-3-5-8-18/h3-13,16-17,26H,14-15H2,1-2H3. The molecule has 0 spiro atoms. The van der Waals surface area contributed by atoms with Crippen LogP contribution in [0.2, 0.25) is 0 Å². The highest BCUT2D eigenvalue weighted by molar-refractivity contribution is 7.11. The number of hydrogen-bond donors (Lipinski definition) is 1. The molecule has 158 valence electrons. The third-order valence-corrected chi connectivity index (χ3v) is 5.79. The predicted molar refractivity (Wildman–Crippen MR) is 124 cm³/mol. The van der Waals surface area contributed by atoms with Crippen molar-refractivity contribution in [2.24, 2.45) is 0 Å². The summed E-state index contributed by atoms with van der Waals surface area (Å²) in [6.07, 6.45) is 0.698. The summed E-state index contributed by atoms with van der Waals surface area (Å²) >= 11 is 1.45. The third-order valence-electron chi connectivity index (χ3n) is 4.90. The van der Waals surface area contributed by atoms with E-state index >= 15 is 0 Å². The number of nitrogens with zero attached hydrogens (tertiary/aromatic N) is 1. The number of carbonyl (C=O) groups excluding carboxylic acids is 2. The van der Waals surface area contributed by atoms with Gasteiger partial charge in [0.1, 0.15) is 11.4 Å². The number of benzene rings is 2. The summed E-state index contributed by atoms with van der Waals surface area (Å²) in [5.41, 5.74) is 2.56. The fraction of sp³-hybridized carbons (Fsp3) is 0.200. The first-order chi connectivity index (χ1) is 15.0. The van der Waals surface area contributed by atoms with Crippen molar-refractivity contribution in [3.63, 3.8) is 0 Å². The predicted octanol–water partition coefficient (Wildman–Crippen LogP) is 4.97. The molecular weight excluding hydrogens is 408 g/mol. The average Bonchev–Trinajstić information content (AvgIpc) is 3.36. The van der Waals surface area contributed by atoms with Gasteiger partial charge in [0.2, 0.25) is 0 Å². The maximum absolute atomic E-state index is 13.2. The maximum Gasteiger partial charge on any atom is 0.278 e. The third kappa shape index (κ3) is 4.70. The van der Waals surface area contributed by atoms with Crippen LogP contribution in [0, 0.1) is 0 Å². The van der Waals surface area contributed by atoms with Gasteiger partial charge in [-0.15, -0.1) is 11.3 Å². The number of rotatable bonds is 8. The van der Waals surface area contributed by atoms with E-state index in [9.17, 15) is 9.59 Å². The quantitative estimate of drug-likeness (QED) is 0.511. The first-order valence-corrected chi connectivity index (χ1v) is 11.1. The molecule has 1 aliphatic heterocycles. The van der Waals surface area contributed by atoms with Crippen LogP contribution in [0.5, 0.6) is 5.75 Å². The van der Waals surface area contributed by atoms with Crippen molar-refractivity contribution >= 4 is 34.4 Å². The molecule has 4 rings (SSSR count). The fourth-order valence-corrected chi connectivity index (χ4v) is 4.23. The highest BCUT2D eigenvalue weighted by Gasteiger charge is 2.39. The van der Waals surface area contributed by atoms with Gasteiger partial charge in [-0.1, -0.05) is 36.4 Å². The van der Waals surface area contributed by atoms with E-state index < -0.39 is 0 Å². The van der Waals surface area contributed by atoms with Crippen LogP contribution in [0.25, 0.3) is 5.57 Å². The summed E-state index contributed by atoms with van der Waals surface area (Å²) < 4.78 is 5.68. The van der Waals surface area contributed by atoms with E-state index in [1.165, 1.54) is 16.2 Å². The maximum atomic E-state index is 13.2. The fourth-order valence-electron chi connectivity index (χ4n) is 3.46. The number of amides is 2. The first kappa shape index (κ1) is 20.9. The summed E-state index contributed by atoms with van der Waals surface area (Å²) in [6.45, 7) is 4.27. The van der Waals surface area contributed by atoms with Gasteiger partial charge in [-0.05, 0) is 61.5 Å². The van der Waals surface area contributed by atoms with Gasteiger partial charge in [0, 0.05) is 17.1 Å². The van der Waals surface area contributed by atoms with E-state index in [-0.39, 0.29) is 17.9 Å². The Labute approximate surface area is 186 Å². The SMILES string of the molecule is CC(C)Oc1ccc(NC2=C(c3cccs3)C(=O)N(CCc3ccccc3)C2=O)cc1. The van der Waals surface area contributed by atoms with Gasteiger partial charge >= 0.3 is 0 Å². The van der Waals surface area contributed by atoms with E-state index in [1.54, 1.807) is 0 Å². The molecule has 2 amide bonds. The van der Waals surface area contributed by atoms with Crippen LogP contribution in [-0.4, -0.2) is 29.4 Å². The number of thiophene rings is 1. The molecule has 0 radical (unpaired) electrons. The number of nitrogens with one attached hydrogen (secondary N) is 1. The zero-order valence-electron chi connectivity index (χ0n) is 17.5. The first-order valence-electron chi connectivity index (χ1n) is 10.2. The molecule has 1 N–H and O–H groups in total. The number of carbonyl (C=O) groups is 2. The van der Waals surface area contributed by atoms with Crippen molar-refractivity contribution < 1.29 is 14.3 Å². The van der Waals surface area contributed by atoms with Crippen LogP contribution in [0.3, 0.4) is 0 Å². The Bertz CT molecular complexity index is 1090. The van der Waals surface area contributed by atoms with Crippen LogP contribution in [0.1, 0.15) is 24.3 Å². The Balaban J connectivity index is 1.58. The molecule has 1 aromatic heterocycles. The van der Waals surface area contributed by atoms with Gasteiger partial charge in [0.25, 0.3) is 11.8 Å². The topological polar surface area (TPSA) is 58.6 Å². The summed E-state index contributed by atoms with van der Waals surface area (Å²) in [4.78, 5) is 28.5. The molecule has 0 atom stereocenters. The van der Waals surface area contributed by atoms with E-state index in [1.807, 2.05) is 86.0 Å². The Hall–Kier alpha value is -3.38. The van der Waals surface area contributed by atoms with E-state index in [4.69, 9.17) is 4.74 Å². The highest BCUT2D eigenvalue weighted by atomic mass is 32.1. The van der Waals surface area contributed by atoms with E-state index in [0.717, 1.165) is 21.9 Å². The number of imide groups is 1. The lowest BCUT2D eigenvalue weighted by Crippen LogP contribution is -2.34. The van der Waals surface area contributed by atoms with Crippen LogP contribution >= 0.6 is 11.3 Å². The number of hydrogen-bond acceptors (Lipinski definition) is 5. The summed E-state index contributed by atoms with van der Waals surface area (Å²) in [5, 5.41) is 5.09. The second-order valence-electron chi connectivity index (χ2n) is 7.54. The number of ether oxygens (including phenoxy) is 1. The Morgan fingerprint density at radius 2 is 1.68 bits per heavy atom. The monoisotopic (exact) mass is 432 g/mol. The zero-order chi connectivity index (χ0) is 21.8. The van der Waals surface area contributed by atoms with Gasteiger partial charge in [0.15, 0.2) is 0 Å². The van der Waals surface area contributed by atoms with Crippen molar-refractivity contribution in [2.45, 2.75) is 26.4 Å². The van der Waals surface area contributed by atoms with Crippen LogP contribution in [-0.2, 0) is 16.0 Å². The summed E-state index contributed by atoms with van der Waals surface area (Å²) in [5.74, 6) is 0.198. The minimum absolute atomic E-state index is 0.0825. The van der Waals surface area contributed by atoms with Crippen molar-refractivity contribution in [3.8, 4) is 5.75 Å². The Morgan fingerprint density at radius 3 is 2.32 bits per heavy atom. The molecular formula is C25H24N2O3S. The Morgan fingerprint density at radius 1 is 0.935 bits per heavy atom. The van der Waals surface area contributed by atoms with Crippen LogP contribution < -0.4 is 10.1 Å². The van der Waals surface area contributed by atoms with Crippen LogP contribution in [0.4, 0.5) is 5.69 Å². The molecule has 0 aliphatic carbocycles. The molecule has 0 unspecified atom stereocenters. The summed E-state index contributed by atoms with van der Waals surface area (Å²) in [6, 6.07) is 21.0. The molecule has 5 nitrogen and oxygen atoms in total. The van der Waals surface area contributed by atoms with Gasteiger partial charge in [-0.2, -0.15) is 0 Å². The minimum Gasteiger partial charge on any atom is -0.491 e. The van der Waals surface area contributed by atoms with Crippen molar-refractivity contribution in [2.75, 3.05) is 11.9 Å². The van der Waals surface area contributed by atoms with Gasteiger partial charge in [0.05, 0.1) is 11.7 Å². The second kappa shape index (κ2) is 9.18. The number of anilines is 1. The molecule has 3 aromatic rings. The molecule has 0 saturated carbocycles. The average molecular weight is 433 g/mol. The molecule has 1 aliphatic rings. The lowest BCUT2D eigenvalue weighted by Gasteiger charge is -2.15. The molecule has 2 heterocycles. The molecule has 0 saturated heterocycles. The molecule has 2 aromatic carbocycles. The lowest BCUT2D eigenvalue weighted by atomic mass is 10.1. The minimum atomic E-state index is -0.299. The van der Waals surface area contributed by atoms with Crippen molar-refractivity contribution in [1.29, 1.82) is 0 Å². The van der Waals surface area contributed by atoms with Gasteiger partial charge in [-0.25, -0.2) is 0 Å². The molecule has 31 heavy (non-hydrogen) atoms. The summed E-state index contributed by atoms with van der Waals surface area (Å²) in [7, 11) is 0. The van der Waals surface area contributed by atoms with Crippen molar-refractivity contribution in [1.82, 2.24) is 4.90 Å². The highest BCUT2D eigenvalue weighted by Crippen LogP contribution is 2.33. The molecule has 0 bridgehead atoms. The normalized spacial score (nSPS) is 14.0. The Kier molecular flexibility index (Phi) is 6.18. The van der Waals surface area contributed by atoms with Gasteiger partial charge < -0.3 is 10.1 Å².